The van der Waals surface area contributed by atoms with Crippen molar-refractivity contribution in [2.24, 2.45) is 5.11 Å². The van der Waals surface area contributed by atoms with E-state index in [1.807, 2.05) is 0 Å². The first kappa shape index (κ1) is 67.6. The van der Waals surface area contributed by atoms with Crippen LogP contribution in [0.4, 0.5) is 11.5 Å². The van der Waals surface area contributed by atoms with Crippen LogP contribution >= 0.6 is 24.0 Å². The van der Waals surface area contributed by atoms with Gasteiger partial charge in [0.15, 0.2) is 14.6 Å². The molecule has 2 aromatic heterocycles. The van der Waals surface area contributed by atoms with E-state index in [0.717, 1.165) is 123 Å². The van der Waals surface area contributed by atoms with Gasteiger partial charge in [-0.15, -0.1) is 0 Å². The Bertz CT molecular complexity index is 4430. The van der Waals surface area contributed by atoms with Crippen molar-refractivity contribution in [3.63, 3.8) is 0 Å². The summed E-state index contributed by atoms with van der Waals surface area (Å²) in [5.74, 6) is 5.23. The van der Waals surface area contributed by atoms with E-state index >= 15 is 0 Å². The van der Waals surface area contributed by atoms with Gasteiger partial charge in [0.25, 0.3) is 11.8 Å². The molecule has 6 atom stereocenters. The van der Waals surface area contributed by atoms with Crippen LogP contribution in [0.15, 0.2) is 72.2 Å². The number of hydrogen-bond donors (Lipinski definition) is 8. The molecule has 30 nitrogen and oxygen atoms in total. The van der Waals surface area contributed by atoms with E-state index in [1.54, 1.807) is 35.0 Å². The van der Waals surface area contributed by atoms with Gasteiger partial charge in [-0.3, -0.25) is 18.9 Å². The first-order valence-electron chi connectivity index (χ1n) is 31.3. The third-order valence-electron chi connectivity index (χ3n) is 17.1. The van der Waals surface area contributed by atoms with E-state index < -0.39 is 72.9 Å². The standard InChI is InChI=1S/C63H69N12O18P3/c1-94(81)92-96(84,85)93-95(82,83)89-33-43-16-18-52(90-43)75-32-41(53-59(64)69-36-70-60(53)75)9-3-19-66-50(76)34-86-26-27-87-51(71-72-65)35-88-42-12-2-8-39(28-42)61(77)67-20-21-68-62(78)40-15-17-44(63(79)80)47(31-40)54-48-29-37-10-4-22-73-24-6-13-45(55(37)73)57(48)91-58-46-14-7-25-74-23-5-11-38(56(46)74)30-49(54)58/h2,8,12,15,17,28-32,36,43,51-52,81H,4-7,10-11,13-14,16,18-27,33-35H2,1H3,(H7-,64,66,67,68,69,70,76,77,78,79,80,82,83,84,85)/p+1/t43-,51?,52+,94?/m0/s1. The highest BCUT2D eigenvalue weighted by atomic mass is 31.3. The molecular weight excluding hydrogens is 1310 g/mol. The highest BCUT2D eigenvalue weighted by Crippen LogP contribution is 2.64. The summed E-state index contributed by atoms with van der Waals surface area (Å²) in [4.78, 5) is 95.9. The van der Waals surface area contributed by atoms with Crippen molar-refractivity contribution in [2.75, 3.05) is 96.1 Å². The van der Waals surface area contributed by atoms with Crippen molar-refractivity contribution < 1.29 is 84.9 Å². The molecule has 6 aromatic rings. The van der Waals surface area contributed by atoms with E-state index in [9.17, 15) is 53.6 Å². The van der Waals surface area contributed by atoms with Crippen LogP contribution in [0.3, 0.4) is 0 Å². The Labute approximate surface area is 550 Å². The maximum atomic E-state index is 14.1. The number of fused-ring (bicyclic) bond motifs is 5. The Kier molecular flexibility index (Phi) is 20.8. The van der Waals surface area contributed by atoms with Crippen LogP contribution in [0.5, 0.6) is 17.2 Å². The molecule has 1 fully saturated rings. The van der Waals surface area contributed by atoms with Crippen LogP contribution in [-0.4, -0.2) is 156 Å². The zero-order valence-corrected chi connectivity index (χ0v) is 54.8. The number of nitrogens with one attached hydrogen (secondary N) is 3. The lowest BCUT2D eigenvalue weighted by Crippen LogP contribution is -2.45. The number of aryl methyl sites for hydroxylation is 2. The molecule has 96 heavy (non-hydrogen) atoms. The third kappa shape index (κ3) is 15.2. The van der Waals surface area contributed by atoms with E-state index in [2.05, 4.69) is 78.0 Å². The van der Waals surface area contributed by atoms with E-state index in [1.165, 1.54) is 46.7 Å². The lowest BCUT2D eigenvalue weighted by molar-refractivity contribution is -0.126. The first-order valence-corrected chi connectivity index (χ1v) is 36.0. The number of phosphoric acid groups is 2. The minimum absolute atomic E-state index is 0.0500. The number of carboxylic acid groups (broad SMARTS) is 1. The smallest absolute Gasteiger partial charge is 0.486 e. The summed E-state index contributed by atoms with van der Waals surface area (Å²) >= 11 is 0. The van der Waals surface area contributed by atoms with Crippen molar-refractivity contribution in [1.29, 1.82) is 0 Å². The van der Waals surface area contributed by atoms with Crippen LogP contribution < -0.4 is 51.2 Å². The van der Waals surface area contributed by atoms with Crippen LogP contribution in [0, 0.1) is 11.8 Å². The number of aromatic nitrogens is 3. The summed E-state index contributed by atoms with van der Waals surface area (Å²) in [5, 5.41) is 25.3. The molecule has 3 amide bonds. The molecule has 4 aromatic carbocycles. The predicted octanol–water partition coefficient (Wildman–Crippen LogP) is 5.39. The van der Waals surface area contributed by atoms with Crippen molar-refractivity contribution in [3.05, 3.63) is 144 Å². The van der Waals surface area contributed by atoms with Crippen molar-refractivity contribution in [1.82, 2.24) is 35.1 Å². The van der Waals surface area contributed by atoms with Gasteiger partial charge in [-0.2, -0.15) is 4.31 Å². The highest BCUT2D eigenvalue weighted by Gasteiger charge is 2.40. The van der Waals surface area contributed by atoms with Gasteiger partial charge in [0, 0.05) is 101 Å². The Balaban J connectivity index is 0.606. The lowest BCUT2D eigenvalue weighted by atomic mass is 9.81. The fraction of sp³-hybridized carbons (Fsp3) is 0.413. The number of benzene rings is 4. The third-order valence-corrected chi connectivity index (χ3v) is 21.0. The second kappa shape index (κ2) is 29.6. The summed E-state index contributed by atoms with van der Waals surface area (Å²) in [6, 6.07) is 15.4. The molecule has 0 spiro atoms. The number of azide groups is 1. The normalized spacial score (nSPS) is 18.5. The average molecular weight is 1380 g/mol. The lowest BCUT2D eigenvalue weighted by Gasteiger charge is -2.39. The minimum Gasteiger partial charge on any atom is -0.491 e. The molecule has 4 unspecified atom stereocenters. The van der Waals surface area contributed by atoms with Gasteiger partial charge in [-0.1, -0.05) is 23.0 Å². The number of rotatable bonds is 26. The molecule has 12 rings (SSSR count). The Hall–Kier alpha value is -8.35. The molecule has 9 N–H and O–H groups in total. The second-order valence-electron chi connectivity index (χ2n) is 23.5. The molecule has 33 heteroatoms. The number of anilines is 2. The summed E-state index contributed by atoms with van der Waals surface area (Å²) in [6.45, 7) is 3.74. The fourth-order valence-corrected chi connectivity index (χ4v) is 16.3. The molecule has 1 saturated heterocycles. The highest BCUT2D eigenvalue weighted by molar-refractivity contribution is 7.66. The Morgan fingerprint density at radius 2 is 1.67 bits per heavy atom. The van der Waals surface area contributed by atoms with Crippen LogP contribution in [-0.2, 0) is 67.0 Å². The Morgan fingerprint density at radius 3 is 2.45 bits per heavy atom. The van der Waals surface area contributed by atoms with E-state index in [0.29, 0.717) is 35.0 Å². The molecule has 6 aliphatic rings. The maximum Gasteiger partial charge on any atom is 0.486 e. The van der Waals surface area contributed by atoms with E-state index in [4.69, 9.17) is 33.9 Å². The monoisotopic (exact) mass is 1380 g/mol. The average Bonchev–Trinajstić information content (AvgIpc) is 0.867. The van der Waals surface area contributed by atoms with Crippen molar-refractivity contribution >= 4 is 75.8 Å². The largest absolute Gasteiger partial charge is 0.491 e. The van der Waals surface area contributed by atoms with Gasteiger partial charge >= 0.3 is 21.6 Å². The quantitative estimate of drug-likeness (QED) is 0.00641. The van der Waals surface area contributed by atoms with Crippen molar-refractivity contribution in [3.8, 4) is 29.1 Å². The number of carbonyl (C=O) groups excluding carboxylic acids is 3. The van der Waals surface area contributed by atoms with Gasteiger partial charge < -0.3 is 74.6 Å². The van der Waals surface area contributed by atoms with Gasteiger partial charge in [0.2, 0.25) is 11.3 Å². The molecule has 0 bridgehead atoms. The maximum absolute atomic E-state index is 14.1. The number of nitrogens with zero attached hydrogens (tertiary/aromatic N) is 8. The number of hydrogen-bond acceptors (Lipinski definition) is 20. The molecular formula is C63H70N12O18P3+. The van der Waals surface area contributed by atoms with Crippen molar-refractivity contribution in [2.45, 2.75) is 82.8 Å². The number of amides is 3. The molecule has 0 saturated carbocycles. The Morgan fingerprint density at radius 1 is 0.906 bits per heavy atom. The fourth-order valence-electron chi connectivity index (χ4n) is 13.2. The summed E-state index contributed by atoms with van der Waals surface area (Å²) in [6.07, 6.45) is 8.56. The minimum atomic E-state index is -5.10. The van der Waals surface area contributed by atoms with Gasteiger partial charge in [-0.25, -0.2) is 32.8 Å². The number of nitrogens with two attached hydrogens (primary N) is 1. The van der Waals surface area contributed by atoms with E-state index in [-0.39, 0.29) is 74.3 Å². The number of phosphoric ester groups is 1. The molecule has 6 aliphatic heterocycles. The number of ether oxygens (including phenoxy) is 5. The first-order chi connectivity index (χ1) is 46.3. The SMILES string of the molecule is CP(O)OP(=O)(O)OP(=O)(O)OC[C@@H]1CC[C@H](n2cc(C#CCNC(=O)COCCOC(COc3cccc(C(=O)NCCNC(=O)c4ccc(C(=O)O)c(C5=c6cc7c8c(c6Oc6c5cc5c9c6CCCN9CCC5)CCC[N+]=8CCC7)c4)c3)N=[N+]=[N-])c3c(N)ncnc32)O1. The summed E-state index contributed by atoms with van der Waals surface area (Å²) in [5.41, 5.74) is 24.9. The topological polar surface area (TPSA) is 405 Å². The van der Waals surface area contributed by atoms with Crippen LogP contribution in [0.25, 0.3) is 27.0 Å². The van der Waals surface area contributed by atoms with Gasteiger partial charge in [0.1, 0.15) is 67.6 Å². The van der Waals surface area contributed by atoms with Crippen LogP contribution in [0.2, 0.25) is 0 Å². The summed E-state index contributed by atoms with van der Waals surface area (Å²) in [7, 11) is -12.6. The zero-order valence-electron chi connectivity index (χ0n) is 52.1. The number of carboxylic acids is 1. The number of carbonyl (C=O) groups is 4. The molecule has 8 heterocycles. The molecule has 504 valence electrons. The van der Waals surface area contributed by atoms with Gasteiger partial charge in [-0.05, 0) is 117 Å². The number of nitrogen functional groups attached to an aromatic ring is 1. The van der Waals surface area contributed by atoms with Gasteiger partial charge in [0.05, 0.1) is 54.5 Å². The zero-order chi connectivity index (χ0) is 67.3. The number of aromatic carboxylic acids is 1. The molecule has 0 radical (unpaired) electrons. The molecule has 0 aliphatic carbocycles. The second-order valence-corrected chi connectivity index (χ2v) is 27.8. The predicted molar refractivity (Wildman–Crippen MR) is 348 cm³/mol. The summed E-state index contributed by atoms with van der Waals surface area (Å²) < 4.78 is 71.8. The van der Waals surface area contributed by atoms with Crippen LogP contribution in [0.1, 0.15) is 115 Å².